The minimum atomic E-state index is -0.250. The van der Waals surface area contributed by atoms with Crippen LogP contribution in [0, 0.1) is 0 Å². The molecule has 1 aliphatic heterocycles. The largest absolute Gasteiger partial charge is 0.457 e. The molecule has 2 heterocycles. The number of benzene rings is 2. The summed E-state index contributed by atoms with van der Waals surface area (Å²) < 4.78 is 7.00. The molecule has 4 rings (SSSR count). The van der Waals surface area contributed by atoms with E-state index in [0.29, 0.717) is 17.2 Å². The number of carbonyl (C=O) groups is 1. The lowest BCUT2D eigenvalue weighted by molar-refractivity contribution is 0.0958. The summed E-state index contributed by atoms with van der Waals surface area (Å²) in [5, 5.41) is 6.10. The van der Waals surface area contributed by atoms with Gasteiger partial charge in [-0.05, 0) is 35.9 Å². The van der Waals surface area contributed by atoms with Gasteiger partial charge in [-0.3, -0.25) is 9.78 Å². The predicted octanol–water partition coefficient (Wildman–Crippen LogP) is 4.56. The summed E-state index contributed by atoms with van der Waals surface area (Å²) in [4.78, 5) is 18.0. The number of amides is 1. The number of anilines is 2. The molecule has 1 aromatic heterocycles. The zero-order chi connectivity index (χ0) is 19.7. The summed E-state index contributed by atoms with van der Waals surface area (Å²) in [6, 6.07) is 17.5. The summed E-state index contributed by atoms with van der Waals surface area (Å²) in [7, 11) is 3.63. The molecule has 2 aromatic carbocycles. The van der Waals surface area contributed by atoms with E-state index in [-0.39, 0.29) is 12.1 Å². The highest BCUT2D eigenvalue weighted by Gasteiger charge is 2.27. The zero-order valence-electron chi connectivity index (χ0n) is 15.4. The molecule has 0 spiro atoms. The van der Waals surface area contributed by atoms with Crippen LogP contribution in [0.25, 0.3) is 0 Å². The van der Waals surface area contributed by atoms with Crippen molar-refractivity contribution in [3.63, 3.8) is 0 Å². The van der Waals surface area contributed by atoms with Crippen molar-refractivity contribution in [1.29, 1.82) is 0 Å². The van der Waals surface area contributed by atoms with Crippen molar-refractivity contribution in [2.24, 2.45) is 0 Å². The lowest BCUT2D eigenvalue weighted by Gasteiger charge is -2.22. The number of rotatable bonds is 4. The van der Waals surface area contributed by atoms with Gasteiger partial charge >= 0.3 is 0 Å². The highest BCUT2D eigenvalue weighted by molar-refractivity contribution is 9.10. The number of halogens is 1. The van der Waals surface area contributed by atoms with Crippen molar-refractivity contribution in [3.05, 3.63) is 76.5 Å². The Morgan fingerprint density at radius 2 is 1.89 bits per heavy atom. The van der Waals surface area contributed by atoms with Crippen LogP contribution in [0.5, 0.6) is 11.5 Å². The molecule has 7 heteroatoms. The van der Waals surface area contributed by atoms with Crippen molar-refractivity contribution in [1.82, 2.24) is 10.3 Å². The number of fused-ring (bicyclic) bond motifs is 1. The van der Waals surface area contributed by atoms with E-state index in [4.69, 9.17) is 4.74 Å². The molecule has 0 fully saturated rings. The van der Waals surface area contributed by atoms with Crippen molar-refractivity contribution in [3.8, 4) is 11.5 Å². The second-order valence-electron chi connectivity index (χ2n) is 6.45. The third kappa shape index (κ3) is 3.53. The summed E-state index contributed by atoms with van der Waals surface area (Å²) in [6.45, 7) is 0. The third-order valence-corrected chi connectivity index (χ3v) is 5.17. The van der Waals surface area contributed by atoms with Crippen LogP contribution in [0.15, 0.2) is 65.3 Å². The molecule has 0 bridgehead atoms. The first-order valence-electron chi connectivity index (χ1n) is 8.80. The zero-order valence-corrected chi connectivity index (χ0v) is 17.0. The van der Waals surface area contributed by atoms with Crippen molar-refractivity contribution in [2.45, 2.75) is 6.17 Å². The van der Waals surface area contributed by atoms with Gasteiger partial charge in [-0.25, -0.2) is 0 Å². The van der Waals surface area contributed by atoms with Gasteiger partial charge in [0.1, 0.15) is 23.4 Å². The maximum atomic E-state index is 11.8. The van der Waals surface area contributed by atoms with Gasteiger partial charge < -0.3 is 20.3 Å². The van der Waals surface area contributed by atoms with Crippen LogP contribution in [0.4, 0.5) is 11.4 Å². The Labute approximate surface area is 171 Å². The van der Waals surface area contributed by atoms with E-state index in [1.54, 1.807) is 25.4 Å². The molecule has 1 amide bonds. The number of nitrogens with one attached hydrogen (secondary N) is 2. The monoisotopic (exact) mass is 438 g/mol. The van der Waals surface area contributed by atoms with Crippen LogP contribution in [-0.4, -0.2) is 25.0 Å². The Kier molecular flexibility index (Phi) is 4.92. The van der Waals surface area contributed by atoms with E-state index in [9.17, 15) is 4.79 Å². The molecule has 3 aromatic rings. The fourth-order valence-corrected chi connectivity index (χ4v) is 3.46. The van der Waals surface area contributed by atoms with Crippen molar-refractivity contribution >= 4 is 33.2 Å². The van der Waals surface area contributed by atoms with Crippen molar-refractivity contribution in [2.75, 3.05) is 24.3 Å². The average Bonchev–Trinajstić information content (AvgIpc) is 3.04. The Balaban J connectivity index is 1.56. The van der Waals surface area contributed by atoms with E-state index in [1.165, 1.54) is 5.56 Å². The Hall–Kier alpha value is -3.06. The number of hydrogen-bond donors (Lipinski definition) is 2. The fraction of sp³-hybridized carbons (Fsp3) is 0.143. The van der Waals surface area contributed by atoms with E-state index >= 15 is 0 Å². The highest BCUT2D eigenvalue weighted by Crippen LogP contribution is 2.42. The number of hydrogen-bond acceptors (Lipinski definition) is 5. The second kappa shape index (κ2) is 7.52. The molecule has 0 aliphatic carbocycles. The Morgan fingerprint density at radius 1 is 1.14 bits per heavy atom. The van der Waals surface area contributed by atoms with Gasteiger partial charge in [0.2, 0.25) is 0 Å². The van der Waals surface area contributed by atoms with Gasteiger partial charge in [-0.2, -0.15) is 0 Å². The summed E-state index contributed by atoms with van der Waals surface area (Å²) in [5.74, 6) is 0.995. The predicted molar refractivity (Wildman–Crippen MR) is 113 cm³/mol. The third-order valence-electron chi connectivity index (χ3n) is 4.64. The van der Waals surface area contributed by atoms with E-state index in [1.807, 2.05) is 30.3 Å². The molecular weight excluding hydrogens is 420 g/mol. The molecule has 0 radical (unpaired) electrons. The van der Waals surface area contributed by atoms with Crippen LogP contribution in [-0.2, 0) is 0 Å². The van der Waals surface area contributed by atoms with E-state index in [0.717, 1.165) is 15.8 Å². The topological polar surface area (TPSA) is 66.5 Å². The van der Waals surface area contributed by atoms with Gasteiger partial charge in [0.25, 0.3) is 5.91 Å². The van der Waals surface area contributed by atoms with Gasteiger partial charge in [-0.1, -0.05) is 28.1 Å². The molecule has 142 valence electrons. The minimum Gasteiger partial charge on any atom is -0.457 e. The summed E-state index contributed by atoms with van der Waals surface area (Å²) in [6.07, 6.45) is 1.61. The van der Waals surface area contributed by atoms with E-state index < -0.39 is 0 Å². The number of pyridine rings is 1. The lowest BCUT2D eigenvalue weighted by Crippen LogP contribution is -2.23. The maximum absolute atomic E-state index is 11.8. The first-order chi connectivity index (χ1) is 13.5. The second-order valence-corrected chi connectivity index (χ2v) is 7.36. The quantitative estimate of drug-likeness (QED) is 0.624. The smallest absolute Gasteiger partial charge is 0.269 e. The standard InChI is InChI=1S/C21H19BrN4O2/c1-23-21(27)18-12-16(9-10-24-18)28-15-7-8-19-17(11-15)25-20(26(19)2)13-3-5-14(22)6-4-13/h3-12,20,25H,1-2H3,(H,23,27). The molecule has 0 saturated heterocycles. The maximum Gasteiger partial charge on any atom is 0.269 e. The highest BCUT2D eigenvalue weighted by atomic mass is 79.9. The first-order valence-corrected chi connectivity index (χ1v) is 9.59. The van der Waals surface area contributed by atoms with Gasteiger partial charge in [0, 0.05) is 36.9 Å². The first kappa shape index (κ1) is 18.3. The van der Waals surface area contributed by atoms with Crippen LogP contribution >= 0.6 is 15.9 Å². The van der Waals surface area contributed by atoms with Crippen LogP contribution in [0.2, 0.25) is 0 Å². The molecular formula is C21H19BrN4O2. The Bertz CT molecular complexity index is 1020. The van der Waals surface area contributed by atoms with Crippen LogP contribution < -0.4 is 20.3 Å². The van der Waals surface area contributed by atoms with Gasteiger partial charge in [0.15, 0.2) is 0 Å². The van der Waals surface area contributed by atoms with Crippen LogP contribution in [0.1, 0.15) is 22.2 Å². The van der Waals surface area contributed by atoms with Gasteiger partial charge in [0.05, 0.1) is 11.4 Å². The van der Waals surface area contributed by atoms with Crippen molar-refractivity contribution < 1.29 is 9.53 Å². The van der Waals surface area contributed by atoms with Gasteiger partial charge in [-0.15, -0.1) is 0 Å². The lowest BCUT2D eigenvalue weighted by atomic mass is 10.1. The molecule has 28 heavy (non-hydrogen) atoms. The normalized spacial score (nSPS) is 15.0. The SMILES string of the molecule is CNC(=O)c1cc(Oc2ccc3c(c2)NC(c2ccc(Br)cc2)N3C)ccn1. The minimum absolute atomic E-state index is 0.0547. The summed E-state index contributed by atoms with van der Waals surface area (Å²) in [5.41, 5.74) is 3.58. The number of nitrogens with zero attached hydrogens (tertiary/aromatic N) is 2. The summed E-state index contributed by atoms with van der Waals surface area (Å²) >= 11 is 3.48. The average molecular weight is 439 g/mol. The Morgan fingerprint density at radius 3 is 2.64 bits per heavy atom. The van der Waals surface area contributed by atoms with E-state index in [2.05, 4.69) is 55.6 Å². The molecule has 1 unspecified atom stereocenters. The number of carbonyl (C=O) groups excluding carboxylic acids is 1. The number of aromatic nitrogens is 1. The fourth-order valence-electron chi connectivity index (χ4n) is 3.20. The van der Waals surface area contributed by atoms with Crippen LogP contribution in [0.3, 0.4) is 0 Å². The molecule has 1 atom stereocenters. The number of ether oxygens (including phenoxy) is 1. The molecule has 1 aliphatic rings. The molecule has 0 saturated carbocycles. The molecule has 2 N–H and O–H groups in total. The molecule has 6 nitrogen and oxygen atoms in total.